The number of nitrogens with one attached hydrogen (secondary N) is 1. The summed E-state index contributed by atoms with van der Waals surface area (Å²) in [6, 6.07) is 0. The van der Waals surface area contributed by atoms with Crippen LogP contribution in [-0.2, 0) is 9.53 Å². The van der Waals surface area contributed by atoms with Gasteiger partial charge < -0.3 is 15.0 Å². The molecule has 2 aliphatic rings. The number of amides is 1. The second-order valence-electron chi connectivity index (χ2n) is 5.15. The number of hydrogen-bond donors (Lipinski definition) is 1. The van der Waals surface area contributed by atoms with Crippen molar-refractivity contribution in [2.75, 3.05) is 32.8 Å². The van der Waals surface area contributed by atoms with Gasteiger partial charge in [-0.05, 0) is 26.3 Å². The van der Waals surface area contributed by atoms with Crippen molar-refractivity contribution in [3.05, 3.63) is 11.1 Å². The summed E-state index contributed by atoms with van der Waals surface area (Å²) in [5, 5.41) is 3.17. The maximum Gasteiger partial charge on any atom is 0.250 e. The van der Waals surface area contributed by atoms with Crippen LogP contribution < -0.4 is 5.32 Å². The van der Waals surface area contributed by atoms with Crippen molar-refractivity contribution in [1.29, 1.82) is 0 Å². The third-order valence-corrected chi connectivity index (χ3v) is 3.42. The largest absolute Gasteiger partial charge is 0.377 e. The topological polar surface area (TPSA) is 41.6 Å². The Morgan fingerprint density at radius 2 is 2.12 bits per heavy atom. The number of carbonyl (C=O) groups excluding carboxylic acids is 1. The Bertz CT molecular complexity index is 328. The SMILES string of the molecule is CC(C(=O)N1CCOCC1(C)C)=C1CNC1. The highest BCUT2D eigenvalue weighted by Gasteiger charge is 2.35. The summed E-state index contributed by atoms with van der Waals surface area (Å²) in [5.41, 5.74) is 1.97. The van der Waals surface area contributed by atoms with Crippen molar-refractivity contribution in [2.24, 2.45) is 0 Å². The molecule has 0 aromatic rings. The van der Waals surface area contributed by atoms with Crippen molar-refractivity contribution >= 4 is 5.91 Å². The predicted octanol–water partition coefficient (Wildman–Crippen LogP) is 0.543. The number of morpholine rings is 1. The molecule has 0 aromatic carbocycles. The van der Waals surface area contributed by atoms with Crippen molar-refractivity contribution in [2.45, 2.75) is 26.3 Å². The highest BCUT2D eigenvalue weighted by molar-refractivity contribution is 5.94. The fourth-order valence-corrected chi connectivity index (χ4v) is 2.10. The van der Waals surface area contributed by atoms with E-state index >= 15 is 0 Å². The van der Waals surface area contributed by atoms with Crippen LogP contribution in [0.5, 0.6) is 0 Å². The molecule has 0 radical (unpaired) electrons. The number of carbonyl (C=O) groups is 1. The molecule has 0 aliphatic carbocycles. The molecule has 0 saturated carbocycles. The molecule has 2 rings (SSSR count). The third-order valence-electron chi connectivity index (χ3n) is 3.42. The molecule has 2 saturated heterocycles. The second kappa shape index (κ2) is 4.18. The molecule has 1 N–H and O–H groups in total. The zero-order valence-electron chi connectivity index (χ0n) is 10.3. The lowest BCUT2D eigenvalue weighted by Gasteiger charge is -2.42. The number of rotatable bonds is 1. The lowest BCUT2D eigenvalue weighted by atomic mass is 9.98. The fourth-order valence-electron chi connectivity index (χ4n) is 2.10. The minimum absolute atomic E-state index is 0.171. The van der Waals surface area contributed by atoms with Crippen LogP contribution in [-0.4, -0.2) is 49.2 Å². The van der Waals surface area contributed by atoms with E-state index in [0.29, 0.717) is 19.8 Å². The molecule has 2 heterocycles. The third kappa shape index (κ3) is 1.99. The van der Waals surface area contributed by atoms with E-state index in [1.165, 1.54) is 5.57 Å². The first-order chi connectivity index (χ1) is 7.52. The van der Waals surface area contributed by atoms with Gasteiger partial charge in [0.25, 0.3) is 0 Å². The maximum absolute atomic E-state index is 12.3. The summed E-state index contributed by atoms with van der Waals surface area (Å²) in [6.07, 6.45) is 0. The Labute approximate surface area is 96.6 Å². The van der Waals surface area contributed by atoms with E-state index in [1.807, 2.05) is 11.8 Å². The van der Waals surface area contributed by atoms with Gasteiger partial charge in [-0.3, -0.25) is 4.79 Å². The molecule has 4 nitrogen and oxygen atoms in total. The maximum atomic E-state index is 12.3. The van der Waals surface area contributed by atoms with Gasteiger partial charge in [0, 0.05) is 25.2 Å². The molecule has 4 heteroatoms. The number of nitrogens with zero attached hydrogens (tertiary/aromatic N) is 1. The van der Waals surface area contributed by atoms with Gasteiger partial charge in [-0.2, -0.15) is 0 Å². The van der Waals surface area contributed by atoms with E-state index in [4.69, 9.17) is 4.74 Å². The van der Waals surface area contributed by atoms with Gasteiger partial charge in [-0.15, -0.1) is 0 Å². The quantitative estimate of drug-likeness (QED) is 0.661. The summed E-state index contributed by atoms with van der Waals surface area (Å²) in [4.78, 5) is 14.3. The number of hydrogen-bond acceptors (Lipinski definition) is 3. The molecule has 0 unspecified atom stereocenters. The average Bonchev–Trinajstić information content (AvgIpc) is 2.13. The molecule has 0 spiro atoms. The summed E-state index contributed by atoms with van der Waals surface area (Å²) < 4.78 is 5.42. The van der Waals surface area contributed by atoms with E-state index in [9.17, 15) is 4.79 Å². The molecule has 0 aromatic heterocycles. The highest BCUT2D eigenvalue weighted by atomic mass is 16.5. The minimum Gasteiger partial charge on any atom is -0.377 e. The molecular formula is C12H20N2O2. The summed E-state index contributed by atoms with van der Waals surface area (Å²) in [7, 11) is 0. The molecule has 2 fully saturated rings. The van der Waals surface area contributed by atoms with Crippen molar-refractivity contribution < 1.29 is 9.53 Å². The Balaban J connectivity index is 2.14. The van der Waals surface area contributed by atoms with Crippen LogP contribution in [0, 0.1) is 0 Å². The Morgan fingerprint density at radius 1 is 1.44 bits per heavy atom. The van der Waals surface area contributed by atoms with Crippen LogP contribution in [0.3, 0.4) is 0 Å². The molecule has 1 amide bonds. The molecular weight excluding hydrogens is 204 g/mol. The average molecular weight is 224 g/mol. The first-order valence-corrected chi connectivity index (χ1v) is 5.81. The first-order valence-electron chi connectivity index (χ1n) is 5.81. The molecule has 0 atom stereocenters. The van der Waals surface area contributed by atoms with Crippen LogP contribution >= 0.6 is 0 Å². The van der Waals surface area contributed by atoms with Gasteiger partial charge in [-0.25, -0.2) is 0 Å². The Kier molecular flexibility index (Phi) is 3.04. The fraction of sp³-hybridized carbons (Fsp3) is 0.750. The Hall–Kier alpha value is -0.870. The lowest BCUT2D eigenvalue weighted by molar-refractivity contribution is -0.142. The molecule has 90 valence electrons. The summed E-state index contributed by atoms with van der Waals surface area (Å²) in [6.45, 7) is 9.75. The molecule has 0 bridgehead atoms. The summed E-state index contributed by atoms with van der Waals surface area (Å²) >= 11 is 0. The van der Waals surface area contributed by atoms with E-state index < -0.39 is 0 Å². The van der Waals surface area contributed by atoms with Crippen molar-refractivity contribution in [1.82, 2.24) is 10.2 Å². The van der Waals surface area contributed by atoms with Crippen LogP contribution in [0.2, 0.25) is 0 Å². The number of ether oxygens (including phenoxy) is 1. The van der Waals surface area contributed by atoms with Gasteiger partial charge in [0.05, 0.1) is 18.8 Å². The lowest BCUT2D eigenvalue weighted by Crippen LogP contribution is -2.56. The van der Waals surface area contributed by atoms with E-state index in [0.717, 1.165) is 18.7 Å². The first kappa shape index (κ1) is 11.6. The van der Waals surface area contributed by atoms with Gasteiger partial charge in [0.1, 0.15) is 0 Å². The molecule has 16 heavy (non-hydrogen) atoms. The van der Waals surface area contributed by atoms with Crippen LogP contribution in [0.4, 0.5) is 0 Å². The van der Waals surface area contributed by atoms with Crippen LogP contribution in [0.15, 0.2) is 11.1 Å². The minimum atomic E-state index is -0.186. The second-order valence-corrected chi connectivity index (χ2v) is 5.15. The zero-order chi connectivity index (χ0) is 11.8. The standard InChI is InChI=1S/C12H20N2O2/c1-9(10-6-13-7-10)11(15)14-4-5-16-8-12(14,2)3/h13H,4-8H2,1-3H3. The Morgan fingerprint density at radius 3 is 2.62 bits per heavy atom. The van der Waals surface area contributed by atoms with Crippen molar-refractivity contribution in [3.8, 4) is 0 Å². The van der Waals surface area contributed by atoms with Crippen LogP contribution in [0.25, 0.3) is 0 Å². The molecule has 2 aliphatic heterocycles. The monoisotopic (exact) mass is 224 g/mol. The van der Waals surface area contributed by atoms with Crippen molar-refractivity contribution in [3.63, 3.8) is 0 Å². The smallest absolute Gasteiger partial charge is 0.250 e. The predicted molar refractivity (Wildman–Crippen MR) is 62.2 cm³/mol. The normalized spacial score (nSPS) is 23.9. The van der Waals surface area contributed by atoms with E-state index in [-0.39, 0.29) is 11.4 Å². The van der Waals surface area contributed by atoms with Crippen LogP contribution in [0.1, 0.15) is 20.8 Å². The van der Waals surface area contributed by atoms with Gasteiger partial charge in [-0.1, -0.05) is 0 Å². The zero-order valence-corrected chi connectivity index (χ0v) is 10.3. The van der Waals surface area contributed by atoms with E-state index in [2.05, 4.69) is 19.2 Å². The van der Waals surface area contributed by atoms with Gasteiger partial charge in [0.2, 0.25) is 5.91 Å². The van der Waals surface area contributed by atoms with Gasteiger partial charge in [0.15, 0.2) is 0 Å². The van der Waals surface area contributed by atoms with Gasteiger partial charge >= 0.3 is 0 Å². The highest BCUT2D eigenvalue weighted by Crippen LogP contribution is 2.22. The summed E-state index contributed by atoms with van der Waals surface area (Å²) in [5.74, 6) is 0.171. The van der Waals surface area contributed by atoms with E-state index in [1.54, 1.807) is 0 Å².